The minimum absolute atomic E-state index is 0.0194. The molecule has 0 bridgehead atoms. The molecular weight excluding hydrogens is 188 g/mol. The molecule has 0 aliphatic carbocycles. The third-order valence-electron chi connectivity index (χ3n) is 2.53. The van der Waals surface area contributed by atoms with Gasteiger partial charge in [-0.3, -0.25) is 4.79 Å². The molecule has 0 spiro atoms. The van der Waals surface area contributed by atoms with Gasteiger partial charge < -0.3 is 10.7 Å². The van der Waals surface area contributed by atoms with Crippen LogP contribution >= 0.6 is 0 Å². The van der Waals surface area contributed by atoms with Crippen molar-refractivity contribution in [2.24, 2.45) is 5.73 Å². The van der Waals surface area contributed by atoms with Crippen LogP contribution in [0.1, 0.15) is 11.1 Å². The molecular formula is C12H14N2O. The molecule has 1 aromatic carbocycles. The van der Waals surface area contributed by atoms with E-state index in [4.69, 9.17) is 5.73 Å². The van der Waals surface area contributed by atoms with Crippen LogP contribution in [-0.4, -0.2) is 11.5 Å². The van der Waals surface area contributed by atoms with Gasteiger partial charge in [-0.15, -0.1) is 0 Å². The van der Waals surface area contributed by atoms with Gasteiger partial charge in [-0.05, 0) is 49.0 Å². The molecule has 0 fully saturated rings. The Morgan fingerprint density at radius 1 is 1.33 bits per heavy atom. The Labute approximate surface area is 87.9 Å². The molecule has 0 aliphatic heterocycles. The van der Waals surface area contributed by atoms with Crippen molar-refractivity contribution in [1.29, 1.82) is 0 Å². The van der Waals surface area contributed by atoms with Crippen molar-refractivity contribution in [2.75, 3.05) is 6.54 Å². The number of nitrogens with one attached hydrogen (secondary N) is 1. The van der Waals surface area contributed by atoms with Crippen molar-refractivity contribution in [3.05, 3.63) is 45.7 Å². The molecule has 0 saturated carbocycles. The van der Waals surface area contributed by atoms with E-state index in [1.165, 1.54) is 5.56 Å². The predicted molar refractivity (Wildman–Crippen MR) is 62.1 cm³/mol. The summed E-state index contributed by atoms with van der Waals surface area (Å²) < 4.78 is 0. The average molecular weight is 202 g/mol. The zero-order valence-corrected chi connectivity index (χ0v) is 8.71. The van der Waals surface area contributed by atoms with Crippen molar-refractivity contribution < 1.29 is 0 Å². The molecule has 15 heavy (non-hydrogen) atoms. The Balaban J connectivity index is 2.61. The molecule has 1 aromatic heterocycles. The first-order valence-corrected chi connectivity index (χ1v) is 5.03. The molecule has 3 N–H and O–H groups in total. The highest BCUT2D eigenvalue weighted by Crippen LogP contribution is 2.13. The molecule has 0 amide bonds. The lowest BCUT2D eigenvalue weighted by Gasteiger charge is -2.03. The topological polar surface area (TPSA) is 58.9 Å². The molecule has 0 atom stereocenters. The second-order valence-electron chi connectivity index (χ2n) is 3.74. The number of nitrogens with two attached hydrogens (primary N) is 1. The maximum absolute atomic E-state index is 11.4. The number of hydrogen-bond acceptors (Lipinski definition) is 2. The lowest BCUT2D eigenvalue weighted by Crippen LogP contribution is -2.08. The van der Waals surface area contributed by atoms with Gasteiger partial charge in [0.15, 0.2) is 0 Å². The van der Waals surface area contributed by atoms with Crippen LogP contribution in [0.25, 0.3) is 10.9 Å². The van der Waals surface area contributed by atoms with E-state index in [9.17, 15) is 4.79 Å². The maximum Gasteiger partial charge on any atom is 0.251 e. The number of fused-ring (bicyclic) bond motifs is 1. The first-order valence-electron chi connectivity index (χ1n) is 5.03. The third-order valence-corrected chi connectivity index (χ3v) is 2.53. The molecule has 0 radical (unpaired) electrons. The normalized spacial score (nSPS) is 10.8. The molecule has 2 rings (SSSR count). The fourth-order valence-corrected chi connectivity index (χ4v) is 1.69. The van der Waals surface area contributed by atoms with Gasteiger partial charge in [-0.25, -0.2) is 0 Å². The van der Waals surface area contributed by atoms with Crippen LogP contribution in [0, 0.1) is 6.92 Å². The molecule has 3 nitrogen and oxygen atoms in total. The van der Waals surface area contributed by atoms with Crippen LogP contribution in [0.5, 0.6) is 0 Å². The van der Waals surface area contributed by atoms with Gasteiger partial charge in [-0.2, -0.15) is 0 Å². The molecule has 78 valence electrons. The van der Waals surface area contributed by atoms with E-state index in [2.05, 4.69) is 11.1 Å². The fraction of sp³-hybridized carbons (Fsp3) is 0.250. The summed E-state index contributed by atoms with van der Waals surface area (Å²) in [5.74, 6) is 0. The Morgan fingerprint density at radius 2 is 2.13 bits per heavy atom. The van der Waals surface area contributed by atoms with Gasteiger partial charge in [0.2, 0.25) is 0 Å². The van der Waals surface area contributed by atoms with Gasteiger partial charge >= 0.3 is 0 Å². The number of H-pyrrole nitrogens is 1. The van der Waals surface area contributed by atoms with E-state index in [1.807, 2.05) is 25.1 Å². The second kappa shape index (κ2) is 3.87. The molecule has 3 heteroatoms. The predicted octanol–water partition coefficient (Wildman–Crippen LogP) is 1.34. The minimum Gasteiger partial charge on any atom is -0.330 e. The number of aromatic amines is 1. The van der Waals surface area contributed by atoms with Crippen LogP contribution in [0.3, 0.4) is 0 Å². The number of hydrogen-bond donors (Lipinski definition) is 2. The van der Waals surface area contributed by atoms with Crippen LogP contribution in [0.15, 0.2) is 29.1 Å². The third kappa shape index (κ3) is 1.92. The van der Waals surface area contributed by atoms with Crippen molar-refractivity contribution in [1.82, 2.24) is 4.98 Å². The van der Waals surface area contributed by atoms with Crippen molar-refractivity contribution in [3.8, 4) is 0 Å². The molecule has 1 heterocycles. The standard InChI is InChI=1S/C12H14N2O/c1-8-6-10-7-9(4-5-13)2-3-11(10)14-12(8)15/h2-3,6-7H,4-5,13H2,1H3,(H,14,15). The summed E-state index contributed by atoms with van der Waals surface area (Å²) in [5.41, 5.74) is 8.31. The summed E-state index contributed by atoms with van der Waals surface area (Å²) in [4.78, 5) is 14.2. The Bertz CT molecular complexity index is 543. The van der Waals surface area contributed by atoms with Crippen molar-refractivity contribution in [3.63, 3.8) is 0 Å². The summed E-state index contributed by atoms with van der Waals surface area (Å²) in [6, 6.07) is 7.92. The summed E-state index contributed by atoms with van der Waals surface area (Å²) in [6.07, 6.45) is 0.869. The van der Waals surface area contributed by atoms with Gasteiger partial charge in [0.25, 0.3) is 5.56 Å². The molecule has 0 saturated heterocycles. The molecule has 2 aromatic rings. The highest BCUT2D eigenvalue weighted by atomic mass is 16.1. The Hall–Kier alpha value is -1.61. The smallest absolute Gasteiger partial charge is 0.251 e. The summed E-state index contributed by atoms with van der Waals surface area (Å²) >= 11 is 0. The zero-order valence-electron chi connectivity index (χ0n) is 8.71. The maximum atomic E-state index is 11.4. The Kier molecular flexibility index (Phi) is 2.56. The molecule has 0 aliphatic rings. The van der Waals surface area contributed by atoms with Crippen LogP contribution in [0.2, 0.25) is 0 Å². The van der Waals surface area contributed by atoms with E-state index in [-0.39, 0.29) is 5.56 Å². The Morgan fingerprint density at radius 3 is 2.87 bits per heavy atom. The van der Waals surface area contributed by atoms with Gasteiger partial charge in [0, 0.05) is 11.1 Å². The van der Waals surface area contributed by atoms with Crippen LogP contribution in [0.4, 0.5) is 0 Å². The molecule has 0 unspecified atom stereocenters. The van der Waals surface area contributed by atoms with Crippen LogP contribution in [-0.2, 0) is 6.42 Å². The summed E-state index contributed by atoms with van der Waals surface area (Å²) in [6.45, 7) is 2.46. The van der Waals surface area contributed by atoms with Gasteiger partial charge in [-0.1, -0.05) is 6.07 Å². The monoisotopic (exact) mass is 202 g/mol. The zero-order chi connectivity index (χ0) is 10.8. The lowest BCUT2D eigenvalue weighted by molar-refractivity contribution is 0.970. The lowest BCUT2D eigenvalue weighted by atomic mass is 10.1. The fourth-order valence-electron chi connectivity index (χ4n) is 1.69. The van der Waals surface area contributed by atoms with E-state index >= 15 is 0 Å². The number of benzene rings is 1. The van der Waals surface area contributed by atoms with Crippen molar-refractivity contribution in [2.45, 2.75) is 13.3 Å². The van der Waals surface area contributed by atoms with E-state index in [1.54, 1.807) is 0 Å². The highest BCUT2D eigenvalue weighted by Gasteiger charge is 1.99. The van der Waals surface area contributed by atoms with Gasteiger partial charge in [0.05, 0.1) is 0 Å². The van der Waals surface area contributed by atoms with E-state index < -0.39 is 0 Å². The summed E-state index contributed by atoms with van der Waals surface area (Å²) in [7, 11) is 0. The second-order valence-corrected chi connectivity index (χ2v) is 3.74. The van der Waals surface area contributed by atoms with E-state index in [0.29, 0.717) is 6.54 Å². The first-order chi connectivity index (χ1) is 7.20. The van der Waals surface area contributed by atoms with Gasteiger partial charge in [0.1, 0.15) is 0 Å². The SMILES string of the molecule is Cc1cc2cc(CCN)ccc2[nH]c1=O. The highest BCUT2D eigenvalue weighted by molar-refractivity contribution is 5.79. The minimum atomic E-state index is -0.0194. The number of pyridine rings is 1. The quantitative estimate of drug-likeness (QED) is 0.772. The first kappa shape index (κ1) is 9.93. The number of aryl methyl sites for hydroxylation is 1. The average Bonchev–Trinajstić information content (AvgIpc) is 2.21. The van der Waals surface area contributed by atoms with Crippen molar-refractivity contribution >= 4 is 10.9 Å². The number of aromatic nitrogens is 1. The number of rotatable bonds is 2. The summed E-state index contributed by atoms with van der Waals surface area (Å²) in [5, 5.41) is 1.07. The van der Waals surface area contributed by atoms with E-state index in [0.717, 1.165) is 22.9 Å². The van der Waals surface area contributed by atoms with Crippen LogP contribution < -0.4 is 11.3 Å². The largest absolute Gasteiger partial charge is 0.330 e.